The zero-order chi connectivity index (χ0) is 18.9. The highest BCUT2D eigenvalue weighted by molar-refractivity contribution is 7.17. The normalized spacial score (nSPS) is 15.0. The Balaban J connectivity index is 0.00000205. The first-order valence-electron chi connectivity index (χ1n) is 9.82. The van der Waals surface area contributed by atoms with E-state index >= 15 is 0 Å². The maximum atomic E-state index is 11.5. The number of aromatic nitrogens is 1. The molecule has 1 saturated heterocycles. The van der Waals surface area contributed by atoms with Gasteiger partial charge in [-0.25, -0.2) is 0 Å². The molecular weight excluding hydrogens is 378 g/mol. The summed E-state index contributed by atoms with van der Waals surface area (Å²) < 4.78 is 1.37. The first-order chi connectivity index (χ1) is 13.8. The van der Waals surface area contributed by atoms with Gasteiger partial charge in [0.05, 0.1) is 0 Å². The summed E-state index contributed by atoms with van der Waals surface area (Å²) in [5.74, 6) is 0. The molecule has 1 fully saturated rings. The van der Waals surface area contributed by atoms with Crippen molar-refractivity contribution >= 4 is 38.0 Å². The number of hydrogen-bond donors (Lipinski definition) is 1. The largest absolute Gasteiger partial charge is 0.368 e. The maximum absolute atomic E-state index is 11.5. The van der Waals surface area contributed by atoms with E-state index in [9.17, 15) is 4.79 Å². The molecule has 1 aliphatic rings. The molecule has 0 amide bonds. The van der Waals surface area contributed by atoms with E-state index in [0.29, 0.717) is 0 Å². The number of thiophene rings is 1. The highest BCUT2D eigenvalue weighted by Crippen LogP contribution is 2.31. The fraction of sp³-hybridized carbons (Fsp3) is 0.292. The molecule has 29 heavy (non-hydrogen) atoms. The first kappa shape index (κ1) is 19.7. The van der Waals surface area contributed by atoms with E-state index in [1.54, 1.807) is 6.07 Å². The standard InChI is InChI=1S/C23H23N3OS.CH4/c27-23-7-6-18-5-4-17(16-20(18)24-23)8-10-25-11-13-26(14-12-25)21-2-1-3-22-19(21)9-15-28-22;/h1-7,9,15-16H,8,10-14H2,(H,24,27);1H4. The molecule has 0 radical (unpaired) electrons. The Morgan fingerprint density at radius 2 is 1.79 bits per heavy atom. The van der Waals surface area contributed by atoms with E-state index in [-0.39, 0.29) is 13.0 Å². The topological polar surface area (TPSA) is 39.3 Å². The number of nitrogens with one attached hydrogen (secondary N) is 1. The Morgan fingerprint density at radius 3 is 2.66 bits per heavy atom. The number of H-pyrrole nitrogens is 1. The average molecular weight is 406 g/mol. The zero-order valence-electron chi connectivity index (χ0n) is 15.7. The Kier molecular flexibility index (Phi) is 5.69. The molecule has 0 aliphatic carbocycles. The molecular formula is C24H27N3OS. The first-order valence-corrected chi connectivity index (χ1v) is 10.7. The predicted molar refractivity (Wildman–Crippen MR) is 125 cm³/mol. The highest BCUT2D eigenvalue weighted by Gasteiger charge is 2.18. The van der Waals surface area contributed by atoms with Crippen LogP contribution in [-0.2, 0) is 6.42 Å². The summed E-state index contributed by atoms with van der Waals surface area (Å²) in [6.07, 6.45) is 1.01. The Hall–Kier alpha value is -2.63. The van der Waals surface area contributed by atoms with Crippen LogP contribution in [0.3, 0.4) is 0 Å². The summed E-state index contributed by atoms with van der Waals surface area (Å²) in [4.78, 5) is 19.5. The summed E-state index contributed by atoms with van der Waals surface area (Å²) >= 11 is 1.81. The quantitative estimate of drug-likeness (QED) is 0.533. The summed E-state index contributed by atoms with van der Waals surface area (Å²) in [6, 6.07) is 18.7. The summed E-state index contributed by atoms with van der Waals surface area (Å²) in [5.41, 5.74) is 3.54. The molecule has 0 spiro atoms. The lowest BCUT2D eigenvalue weighted by molar-refractivity contribution is 0.261. The van der Waals surface area contributed by atoms with Crippen molar-refractivity contribution in [2.24, 2.45) is 0 Å². The Morgan fingerprint density at radius 1 is 0.966 bits per heavy atom. The van der Waals surface area contributed by atoms with Crippen LogP contribution in [-0.4, -0.2) is 42.6 Å². The molecule has 2 aromatic heterocycles. The third-order valence-corrected chi connectivity index (χ3v) is 6.57. The molecule has 0 saturated carbocycles. The second kappa shape index (κ2) is 8.39. The van der Waals surface area contributed by atoms with Gasteiger partial charge in [0.15, 0.2) is 0 Å². The number of hydrogen-bond acceptors (Lipinski definition) is 4. The smallest absolute Gasteiger partial charge is 0.248 e. The van der Waals surface area contributed by atoms with Crippen LogP contribution in [0.2, 0.25) is 0 Å². The summed E-state index contributed by atoms with van der Waals surface area (Å²) in [7, 11) is 0. The second-order valence-corrected chi connectivity index (χ2v) is 8.38. The van der Waals surface area contributed by atoms with E-state index < -0.39 is 0 Å². The van der Waals surface area contributed by atoms with Crippen molar-refractivity contribution in [1.29, 1.82) is 0 Å². The van der Waals surface area contributed by atoms with Crippen LogP contribution in [0.5, 0.6) is 0 Å². The van der Waals surface area contributed by atoms with Gasteiger partial charge in [-0.2, -0.15) is 0 Å². The van der Waals surface area contributed by atoms with E-state index in [2.05, 4.69) is 62.6 Å². The maximum Gasteiger partial charge on any atom is 0.248 e. The lowest BCUT2D eigenvalue weighted by Crippen LogP contribution is -2.47. The van der Waals surface area contributed by atoms with E-state index in [4.69, 9.17) is 0 Å². The molecule has 2 aromatic carbocycles. The molecule has 0 unspecified atom stereocenters. The van der Waals surface area contributed by atoms with Gasteiger partial charge in [-0.15, -0.1) is 11.3 Å². The number of aromatic amines is 1. The highest BCUT2D eigenvalue weighted by atomic mass is 32.1. The van der Waals surface area contributed by atoms with Crippen molar-refractivity contribution in [1.82, 2.24) is 9.88 Å². The lowest BCUT2D eigenvalue weighted by atomic mass is 10.1. The Labute approximate surface area is 175 Å². The van der Waals surface area contributed by atoms with Crippen LogP contribution < -0.4 is 10.5 Å². The van der Waals surface area contributed by atoms with Gasteiger partial charge in [0.1, 0.15) is 0 Å². The fourth-order valence-corrected chi connectivity index (χ4v) is 4.91. The molecule has 1 N–H and O–H groups in total. The minimum absolute atomic E-state index is 0. The van der Waals surface area contributed by atoms with Crippen molar-refractivity contribution in [3.05, 3.63) is 75.9 Å². The number of rotatable bonds is 4. The summed E-state index contributed by atoms with van der Waals surface area (Å²) in [5, 5.41) is 4.65. The number of anilines is 1. The van der Waals surface area contributed by atoms with Crippen molar-refractivity contribution in [3.63, 3.8) is 0 Å². The van der Waals surface area contributed by atoms with Crippen molar-refractivity contribution in [3.8, 4) is 0 Å². The van der Waals surface area contributed by atoms with Gasteiger partial charge in [-0.1, -0.05) is 25.6 Å². The van der Waals surface area contributed by atoms with Gasteiger partial charge in [-0.05, 0) is 53.1 Å². The van der Waals surface area contributed by atoms with Gasteiger partial charge in [0.2, 0.25) is 5.56 Å². The molecule has 0 atom stereocenters. The van der Waals surface area contributed by atoms with E-state index in [0.717, 1.165) is 50.0 Å². The summed E-state index contributed by atoms with van der Waals surface area (Å²) in [6.45, 7) is 5.37. The molecule has 5 rings (SSSR count). The molecule has 1 aliphatic heterocycles. The van der Waals surface area contributed by atoms with Crippen LogP contribution in [0, 0.1) is 0 Å². The Bertz CT molecular complexity index is 1170. The van der Waals surface area contributed by atoms with Crippen LogP contribution in [0.4, 0.5) is 5.69 Å². The number of nitrogens with zero attached hydrogens (tertiary/aromatic N) is 2. The van der Waals surface area contributed by atoms with Crippen LogP contribution >= 0.6 is 11.3 Å². The van der Waals surface area contributed by atoms with Gasteiger partial charge >= 0.3 is 0 Å². The molecule has 150 valence electrons. The number of piperazine rings is 1. The second-order valence-electron chi connectivity index (χ2n) is 7.43. The third kappa shape index (κ3) is 4.07. The van der Waals surface area contributed by atoms with E-state index in [1.165, 1.54) is 21.3 Å². The SMILES string of the molecule is C.O=c1ccc2ccc(CCN3CCN(c4cccc5sccc45)CC3)cc2[nH]1. The van der Waals surface area contributed by atoms with Crippen molar-refractivity contribution in [2.45, 2.75) is 13.8 Å². The van der Waals surface area contributed by atoms with Gasteiger partial charge in [0.25, 0.3) is 0 Å². The van der Waals surface area contributed by atoms with E-state index in [1.807, 2.05) is 17.4 Å². The molecule has 5 heteroatoms. The minimum Gasteiger partial charge on any atom is -0.368 e. The minimum atomic E-state index is -0.0404. The molecule has 4 aromatic rings. The zero-order valence-corrected chi connectivity index (χ0v) is 16.5. The van der Waals surface area contributed by atoms with Gasteiger partial charge < -0.3 is 9.88 Å². The fourth-order valence-electron chi connectivity index (χ4n) is 4.11. The van der Waals surface area contributed by atoms with Crippen LogP contribution in [0.1, 0.15) is 13.0 Å². The monoisotopic (exact) mass is 405 g/mol. The lowest BCUT2D eigenvalue weighted by Gasteiger charge is -2.36. The molecule has 0 bridgehead atoms. The molecule has 4 nitrogen and oxygen atoms in total. The molecule has 3 heterocycles. The van der Waals surface area contributed by atoms with Crippen molar-refractivity contribution < 1.29 is 0 Å². The van der Waals surface area contributed by atoms with Gasteiger partial charge in [0, 0.05) is 60.1 Å². The number of benzene rings is 2. The van der Waals surface area contributed by atoms with Crippen molar-refractivity contribution in [2.75, 3.05) is 37.6 Å². The average Bonchev–Trinajstić information content (AvgIpc) is 3.21. The van der Waals surface area contributed by atoms with Gasteiger partial charge in [-0.3, -0.25) is 9.69 Å². The number of pyridine rings is 1. The third-order valence-electron chi connectivity index (χ3n) is 5.69. The predicted octanol–water partition coefficient (Wildman–Crippen LogP) is 4.74. The van der Waals surface area contributed by atoms with Crippen LogP contribution in [0.25, 0.3) is 21.0 Å². The number of fused-ring (bicyclic) bond motifs is 2. The van der Waals surface area contributed by atoms with Crippen LogP contribution in [0.15, 0.2) is 64.8 Å².